The first-order valence-electron chi connectivity index (χ1n) is 10.6. The Labute approximate surface area is 206 Å². The van der Waals surface area contributed by atoms with Crippen molar-refractivity contribution in [2.75, 3.05) is 5.32 Å². The molecule has 0 heterocycles. The van der Waals surface area contributed by atoms with Crippen LogP contribution in [0.1, 0.15) is 11.1 Å². The summed E-state index contributed by atoms with van der Waals surface area (Å²) in [6.45, 7) is 3.64. The number of anilines is 1. The van der Waals surface area contributed by atoms with Gasteiger partial charge in [0, 0.05) is 11.1 Å². The van der Waals surface area contributed by atoms with Gasteiger partial charge in [-0.25, -0.2) is 0 Å². The Morgan fingerprint density at radius 3 is 2.22 bits per heavy atom. The number of azo groups is 2. The van der Waals surface area contributed by atoms with Crippen LogP contribution in [0.2, 0.25) is 0 Å². The molecule has 0 aliphatic carbocycles. The lowest BCUT2D eigenvalue weighted by Gasteiger charge is -2.09. The Balaban J connectivity index is 1.70. The average Bonchev–Trinajstić information content (AvgIpc) is 2.83. The van der Waals surface area contributed by atoms with Gasteiger partial charge in [0.2, 0.25) is 6.41 Å². The highest BCUT2D eigenvalue weighted by atomic mass is 32.2. The van der Waals surface area contributed by atoms with Crippen LogP contribution in [0.15, 0.2) is 92.1 Å². The average molecular weight is 504 g/mol. The molecule has 3 N–H and O–H groups in total. The van der Waals surface area contributed by atoms with Gasteiger partial charge in [-0.2, -0.15) is 18.6 Å². The number of aryl methyl sites for hydroxylation is 2. The standard InChI is InChI=1S/C25H21N5O5S/c1-15-3-5-18(6-4-15)27-28-20-8-10-22(23(13-20)36(33,34)35)29-30-24-16(2)11-17-12-19(26-14-31)7-9-21(17)25(24)32/h3-14,32H,1-2H3,(H,26,31)(H,33,34,35). The molecule has 0 bridgehead atoms. The number of carbonyl (C=O) groups is 1. The molecule has 0 saturated heterocycles. The molecular weight excluding hydrogens is 482 g/mol. The highest BCUT2D eigenvalue weighted by Crippen LogP contribution is 2.40. The van der Waals surface area contributed by atoms with E-state index in [1.165, 1.54) is 12.1 Å². The zero-order valence-corrected chi connectivity index (χ0v) is 20.1. The first-order chi connectivity index (χ1) is 17.2. The smallest absolute Gasteiger partial charge is 0.296 e. The van der Waals surface area contributed by atoms with E-state index in [1.54, 1.807) is 43.3 Å². The predicted octanol–water partition coefficient (Wildman–Crippen LogP) is 6.81. The van der Waals surface area contributed by atoms with Crippen LogP contribution in [0.5, 0.6) is 5.75 Å². The summed E-state index contributed by atoms with van der Waals surface area (Å²) in [5.41, 5.74) is 2.93. The molecule has 0 atom stereocenters. The fraction of sp³-hybridized carbons (Fsp3) is 0.0800. The zero-order valence-electron chi connectivity index (χ0n) is 19.2. The number of phenolic OH excluding ortho intramolecular Hbond substituents is 1. The molecule has 182 valence electrons. The van der Waals surface area contributed by atoms with Gasteiger partial charge in [-0.05, 0) is 79.4 Å². The topological polar surface area (TPSA) is 153 Å². The lowest BCUT2D eigenvalue weighted by molar-refractivity contribution is -0.105. The number of hydrogen-bond acceptors (Lipinski definition) is 8. The maximum atomic E-state index is 12.0. The summed E-state index contributed by atoms with van der Waals surface area (Å²) in [7, 11) is -4.67. The SMILES string of the molecule is Cc1ccc(N=Nc2ccc(N=Nc3c(C)cc4cc(NC=O)ccc4c3O)c(S(=O)(=O)O)c2)cc1. The quantitative estimate of drug-likeness (QED) is 0.144. The highest BCUT2D eigenvalue weighted by molar-refractivity contribution is 7.86. The zero-order chi connectivity index (χ0) is 25.9. The van der Waals surface area contributed by atoms with Gasteiger partial charge in [-0.3, -0.25) is 9.35 Å². The Bertz CT molecular complexity index is 1630. The second kappa shape index (κ2) is 10.0. The number of amides is 1. The lowest BCUT2D eigenvalue weighted by Crippen LogP contribution is -1.98. The molecule has 1 amide bonds. The summed E-state index contributed by atoms with van der Waals surface area (Å²) in [5, 5.41) is 30.6. The van der Waals surface area contributed by atoms with E-state index in [-0.39, 0.29) is 22.8 Å². The van der Waals surface area contributed by atoms with E-state index < -0.39 is 15.0 Å². The van der Waals surface area contributed by atoms with Crippen LogP contribution in [0, 0.1) is 13.8 Å². The maximum Gasteiger partial charge on any atom is 0.296 e. The number of hydrogen-bond donors (Lipinski definition) is 3. The largest absolute Gasteiger partial charge is 0.505 e. The number of phenols is 1. The first-order valence-corrected chi connectivity index (χ1v) is 12.1. The summed E-state index contributed by atoms with van der Waals surface area (Å²) >= 11 is 0. The van der Waals surface area contributed by atoms with Crippen LogP contribution in [-0.4, -0.2) is 24.5 Å². The summed E-state index contributed by atoms with van der Waals surface area (Å²) in [6, 6.07) is 17.9. The molecular formula is C25H21N5O5S. The van der Waals surface area contributed by atoms with Crippen molar-refractivity contribution in [3.63, 3.8) is 0 Å². The van der Waals surface area contributed by atoms with E-state index in [0.29, 0.717) is 34.1 Å². The van der Waals surface area contributed by atoms with Crippen LogP contribution < -0.4 is 5.32 Å². The van der Waals surface area contributed by atoms with Gasteiger partial charge < -0.3 is 10.4 Å². The minimum absolute atomic E-state index is 0.128. The Kier molecular flexibility index (Phi) is 6.86. The molecule has 0 unspecified atom stereocenters. The highest BCUT2D eigenvalue weighted by Gasteiger charge is 2.17. The Hall–Kier alpha value is -4.48. The fourth-order valence-electron chi connectivity index (χ4n) is 3.48. The lowest BCUT2D eigenvalue weighted by atomic mass is 10.0. The van der Waals surface area contributed by atoms with Crippen LogP contribution in [-0.2, 0) is 14.9 Å². The van der Waals surface area contributed by atoms with Crippen molar-refractivity contribution in [3.8, 4) is 5.75 Å². The Morgan fingerprint density at radius 2 is 1.53 bits per heavy atom. The van der Waals surface area contributed by atoms with Gasteiger partial charge in [0.05, 0.1) is 11.4 Å². The molecule has 0 saturated carbocycles. The second-order valence-corrected chi connectivity index (χ2v) is 9.34. The van der Waals surface area contributed by atoms with Gasteiger partial charge in [-0.1, -0.05) is 17.7 Å². The van der Waals surface area contributed by atoms with Crippen LogP contribution in [0.3, 0.4) is 0 Å². The number of carbonyl (C=O) groups excluding carboxylic acids is 1. The van der Waals surface area contributed by atoms with Gasteiger partial charge >= 0.3 is 0 Å². The molecule has 4 aromatic carbocycles. The van der Waals surface area contributed by atoms with Crippen LogP contribution in [0.25, 0.3) is 10.8 Å². The molecule has 0 aromatic heterocycles. The monoisotopic (exact) mass is 503 g/mol. The van der Waals surface area contributed by atoms with E-state index in [9.17, 15) is 22.9 Å². The molecule has 0 fully saturated rings. The van der Waals surface area contributed by atoms with Crippen molar-refractivity contribution in [2.45, 2.75) is 18.7 Å². The summed E-state index contributed by atoms with van der Waals surface area (Å²) < 4.78 is 33.8. The molecule has 0 radical (unpaired) electrons. The van der Waals surface area contributed by atoms with E-state index in [0.717, 1.165) is 11.6 Å². The van der Waals surface area contributed by atoms with Crippen molar-refractivity contribution in [1.82, 2.24) is 0 Å². The number of rotatable bonds is 7. The predicted molar refractivity (Wildman–Crippen MR) is 136 cm³/mol. The second-order valence-electron chi connectivity index (χ2n) is 7.95. The number of nitrogens with zero attached hydrogens (tertiary/aromatic N) is 4. The molecule has 10 nitrogen and oxygen atoms in total. The summed E-state index contributed by atoms with van der Waals surface area (Å²) in [6.07, 6.45) is 0.554. The van der Waals surface area contributed by atoms with Crippen molar-refractivity contribution >= 4 is 55.7 Å². The van der Waals surface area contributed by atoms with Gasteiger partial charge in [-0.15, -0.1) is 10.2 Å². The van der Waals surface area contributed by atoms with Crippen LogP contribution >= 0.6 is 0 Å². The molecule has 4 rings (SSSR count). The normalized spacial score (nSPS) is 12.0. The molecule has 4 aromatic rings. The van der Waals surface area contributed by atoms with E-state index in [2.05, 4.69) is 25.8 Å². The third-order valence-corrected chi connectivity index (χ3v) is 6.18. The van der Waals surface area contributed by atoms with Crippen molar-refractivity contribution in [2.24, 2.45) is 20.5 Å². The summed E-state index contributed by atoms with van der Waals surface area (Å²) in [5.74, 6) is -0.164. The molecule has 0 spiro atoms. The minimum atomic E-state index is -4.67. The van der Waals surface area contributed by atoms with E-state index >= 15 is 0 Å². The van der Waals surface area contributed by atoms with Gasteiger partial charge in [0.15, 0.2) is 5.75 Å². The van der Waals surface area contributed by atoms with Crippen molar-refractivity contribution in [1.29, 1.82) is 0 Å². The first kappa shape index (κ1) is 24.6. The number of nitrogens with one attached hydrogen (secondary N) is 1. The maximum absolute atomic E-state index is 12.0. The molecule has 36 heavy (non-hydrogen) atoms. The molecule has 11 heteroatoms. The third kappa shape index (κ3) is 5.43. The number of fused-ring (bicyclic) bond motifs is 1. The van der Waals surface area contributed by atoms with Gasteiger partial charge in [0.1, 0.15) is 16.3 Å². The number of benzene rings is 4. The van der Waals surface area contributed by atoms with Gasteiger partial charge in [0.25, 0.3) is 10.1 Å². The van der Waals surface area contributed by atoms with Crippen molar-refractivity contribution < 1.29 is 22.9 Å². The van der Waals surface area contributed by atoms with E-state index in [4.69, 9.17) is 0 Å². The molecule has 0 aliphatic heterocycles. The molecule has 0 aliphatic rings. The summed E-state index contributed by atoms with van der Waals surface area (Å²) in [4.78, 5) is 10.2. The minimum Gasteiger partial charge on any atom is -0.505 e. The van der Waals surface area contributed by atoms with E-state index in [1.807, 2.05) is 19.1 Å². The number of aromatic hydroxyl groups is 1. The van der Waals surface area contributed by atoms with Crippen molar-refractivity contribution in [3.05, 3.63) is 77.9 Å². The Morgan fingerprint density at radius 1 is 0.833 bits per heavy atom. The fourth-order valence-corrected chi connectivity index (χ4v) is 4.13. The van der Waals surface area contributed by atoms with Crippen LogP contribution in [0.4, 0.5) is 28.4 Å². The third-order valence-electron chi connectivity index (χ3n) is 5.30.